The van der Waals surface area contributed by atoms with E-state index >= 15 is 0 Å². The lowest BCUT2D eigenvalue weighted by molar-refractivity contribution is -0.132. The number of hydrogen-bond donors (Lipinski definition) is 2. The molecule has 0 radical (unpaired) electrons. The Morgan fingerprint density at radius 1 is 1.20 bits per heavy atom. The smallest absolute Gasteiger partial charge is 0.223 e. The van der Waals surface area contributed by atoms with Gasteiger partial charge >= 0.3 is 0 Å². The molecule has 0 aromatic rings. The molecule has 116 valence electrons. The number of nitrogens with one attached hydrogen (secondary N) is 2. The molecule has 1 aliphatic rings. The minimum Gasteiger partial charge on any atom is -0.353 e. The van der Waals surface area contributed by atoms with E-state index in [2.05, 4.69) is 24.5 Å². The first-order chi connectivity index (χ1) is 9.52. The van der Waals surface area contributed by atoms with Crippen molar-refractivity contribution in [1.82, 2.24) is 15.5 Å². The summed E-state index contributed by atoms with van der Waals surface area (Å²) in [4.78, 5) is 25.5. The predicted molar refractivity (Wildman–Crippen MR) is 80.4 cm³/mol. The monoisotopic (exact) mass is 283 g/mol. The van der Waals surface area contributed by atoms with Crippen LogP contribution in [0.4, 0.5) is 0 Å². The van der Waals surface area contributed by atoms with Gasteiger partial charge in [0, 0.05) is 44.6 Å². The molecule has 1 rings (SSSR count). The molecule has 1 saturated heterocycles. The number of likely N-dealkylation sites (tertiary alicyclic amines) is 1. The van der Waals surface area contributed by atoms with Crippen LogP contribution in [0.5, 0.6) is 0 Å². The average molecular weight is 283 g/mol. The molecule has 1 heterocycles. The predicted octanol–water partition coefficient (Wildman–Crippen LogP) is 1.28. The lowest BCUT2D eigenvalue weighted by atomic mass is 10.0. The number of carbonyl (C=O) groups is 2. The Kier molecular flexibility index (Phi) is 7.59. The molecular weight excluding hydrogens is 254 g/mol. The molecule has 20 heavy (non-hydrogen) atoms. The number of carbonyl (C=O) groups excluding carboxylic acids is 2. The first-order valence-corrected chi connectivity index (χ1v) is 7.83. The maximum Gasteiger partial charge on any atom is 0.223 e. The molecule has 1 aliphatic heterocycles. The fourth-order valence-corrected chi connectivity index (χ4v) is 2.43. The lowest BCUT2D eigenvalue weighted by Gasteiger charge is -2.32. The second-order valence-corrected chi connectivity index (χ2v) is 5.83. The molecule has 0 atom stereocenters. The van der Waals surface area contributed by atoms with Crippen LogP contribution in [0.15, 0.2) is 0 Å². The highest BCUT2D eigenvalue weighted by Gasteiger charge is 2.23. The zero-order chi connectivity index (χ0) is 15.0. The number of rotatable bonds is 7. The Labute approximate surface area is 122 Å². The lowest BCUT2D eigenvalue weighted by Crippen LogP contribution is -2.47. The van der Waals surface area contributed by atoms with Crippen molar-refractivity contribution in [3.8, 4) is 0 Å². The number of piperidine rings is 1. The van der Waals surface area contributed by atoms with E-state index in [1.165, 1.54) is 0 Å². The quantitative estimate of drug-likeness (QED) is 0.740. The molecule has 0 bridgehead atoms. The van der Waals surface area contributed by atoms with Gasteiger partial charge in [0.1, 0.15) is 0 Å². The topological polar surface area (TPSA) is 61.4 Å². The zero-order valence-electron chi connectivity index (χ0n) is 13.1. The van der Waals surface area contributed by atoms with Crippen LogP contribution < -0.4 is 10.6 Å². The fraction of sp³-hybridized carbons (Fsp3) is 0.867. The van der Waals surface area contributed by atoms with Crippen molar-refractivity contribution in [3.63, 3.8) is 0 Å². The summed E-state index contributed by atoms with van der Waals surface area (Å²) in [6, 6.07) is 0.661. The summed E-state index contributed by atoms with van der Waals surface area (Å²) in [6.45, 7) is 8.43. The molecule has 5 heteroatoms. The van der Waals surface area contributed by atoms with Gasteiger partial charge in [0.15, 0.2) is 0 Å². The van der Waals surface area contributed by atoms with E-state index in [4.69, 9.17) is 0 Å². The summed E-state index contributed by atoms with van der Waals surface area (Å²) in [7, 11) is 0. The van der Waals surface area contributed by atoms with Gasteiger partial charge in [-0.25, -0.2) is 0 Å². The van der Waals surface area contributed by atoms with E-state index in [-0.39, 0.29) is 17.9 Å². The Bertz CT molecular complexity index is 310. The van der Waals surface area contributed by atoms with Crippen LogP contribution in [0.3, 0.4) is 0 Å². The average Bonchev–Trinajstić information content (AvgIpc) is 2.39. The Balaban J connectivity index is 2.20. The third-order valence-corrected chi connectivity index (χ3v) is 3.58. The second kappa shape index (κ2) is 8.95. The van der Waals surface area contributed by atoms with Gasteiger partial charge in [0.25, 0.3) is 0 Å². The van der Waals surface area contributed by atoms with Gasteiger partial charge in [-0.1, -0.05) is 20.8 Å². The van der Waals surface area contributed by atoms with Crippen LogP contribution in [-0.4, -0.2) is 48.4 Å². The molecule has 0 aromatic carbocycles. The Morgan fingerprint density at radius 2 is 1.85 bits per heavy atom. The van der Waals surface area contributed by atoms with Crippen molar-refractivity contribution in [2.24, 2.45) is 0 Å². The van der Waals surface area contributed by atoms with Crippen LogP contribution in [0.2, 0.25) is 0 Å². The molecule has 0 saturated carbocycles. The first kappa shape index (κ1) is 17.0. The normalized spacial score (nSPS) is 16.5. The van der Waals surface area contributed by atoms with Gasteiger partial charge in [0.2, 0.25) is 11.8 Å². The third-order valence-electron chi connectivity index (χ3n) is 3.58. The van der Waals surface area contributed by atoms with Crippen molar-refractivity contribution < 1.29 is 9.59 Å². The number of hydrogen-bond acceptors (Lipinski definition) is 3. The van der Waals surface area contributed by atoms with E-state index < -0.39 is 0 Å². The molecule has 0 spiro atoms. The maximum absolute atomic E-state index is 12.0. The number of amides is 2. The van der Waals surface area contributed by atoms with Crippen molar-refractivity contribution in [3.05, 3.63) is 0 Å². The summed E-state index contributed by atoms with van der Waals surface area (Å²) >= 11 is 0. The summed E-state index contributed by atoms with van der Waals surface area (Å²) in [5.41, 5.74) is 0. The molecule has 2 amide bonds. The minimum atomic E-state index is 0.137. The van der Waals surface area contributed by atoms with Gasteiger partial charge < -0.3 is 15.5 Å². The summed E-state index contributed by atoms with van der Waals surface area (Å²) in [5.74, 6) is 0.356. The highest BCUT2D eigenvalue weighted by atomic mass is 16.2. The molecule has 5 nitrogen and oxygen atoms in total. The van der Waals surface area contributed by atoms with Crippen LogP contribution in [0, 0.1) is 0 Å². The Hall–Kier alpha value is -1.10. The molecule has 0 aliphatic carbocycles. The maximum atomic E-state index is 12.0. The van der Waals surface area contributed by atoms with Crippen LogP contribution >= 0.6 is 0 Å². The summed E-state index contributed by atoms with van der Waals surface area (Å²) in [6.07, 6.45) is 3.79. The van der Waals surface area contributed by atoms with E-state index in [1.807, 2.05) is 11.8 Å². The first-order valence-electron chi connectivity index (χ1n) is 7.83. The van der Waals surface area contributed by atoms with Crippen LogP contribution in [0.1, 0.15) is 52.9 Å². The zero-order valence-corrected chi connectivity index (χ0v) is 13.1. The summed E-state index contributed by atoms with van der Waals surface area (Å²) in [5, 5.41) is 6.31. The van der Waals surface area contributed by atoms with E-state index in [1.54, 1.807) is 0 Å². The molecule has 0 aromatic heterocycles. The van der Waals surface area contributed by atoms with Crippen molar-refractivity contribution in [1.29, 1.82) is 0 Å². The Morgan fingerprint density at radius 3 is 2.40 bits per heavy atom. The van der Waals surface area contributed by atoms with E-state index in [0.717, 1.165) is 38.9 Å². The standard InChI is InChI=1S/C15H29N3O2/c1-4-5-14(19)17-13-7-10-18(11-8-13)15(20)6-9-16-12(2)3/h12-13,16H,4-11H2,1-3H3,(H,17,19). The highest BCUT2D eigenvalue weighted by molar-refractivity contribution is 5.77. The second-order valence-electron chi connectivity index (χ2n) is 5.83. The SMILES string of the molecule is CCCC(=O)NC1CCN(C(=O)CCNC(C)C)CC1. The van der Waals surface area contributed by atoms with Crippen molar-refractivity contribution in [2.75, 3.05) is 19.6 Å². The fourth-order valence-electron chi connectivity index (χ4n) is 2.43. The molecule has 1 fully saturated rings. The van der Waals surface area contributed by atoms with Gasteiger partial charge in [0.05, 0.1) is 0 Å². The van der Waals surface area contributed by atoms with Crippen LogP contribution in [0.25, 0.3) is 0 Å². The third kappa shape index (κ3) is 6.37. The molecule has 0 unspecified atom stereocenters. The van der Waals surface area contributed by atoms with E-state index in [0.29, 0.717) is 18.9 Å². The van der Waals surface area contributed by atoms with Crippen LogP contribution in [-0.2, 0) is 9.59 Å². The number of nitrogens with zero attached hydrogens (tertiary/aromatic N) is 1. The largest absolute Gasteiger partial charge is 0.353 e. The van der Waals surface area contributed by atoms with Gasteiger partial charge in [-0.15, -0.1) is 0 Å². The van der Waals surface area contributed by atoms with Gasteiger partial charge in [-0.05, 0) is 19.3 Å². The molecule has 2 N–H and O–H groups in total. The highest BCUT2D eigenvalue weighted by Crippen LogP contribution is 2.11. The van der Waals surface area contributed by atoms with Gasteiger partial charge in [-0.2, -0.15) is 0 Å². The summed E-state index contributed by atoms with van der Waals surface area (Å²) < 4.78 is 0. The van der Waals surface area contributed by atoms with E-state index in [9.17, 15) is 9.59 Å². The van der Waals surface area contributed by atoms with Gasteiger partial charge in [-0.3, -0.25) is 9.59 Å². The van der Waals surface area contributed by atoms with Crippen molar-refractivity contribution in [2.45, 2.75) is 65.0 Å². The van der Waals surface area contributed by atoms with Crippen molar-refractivity contribution >= 4 is 11.8 Å². The molecular formula is C15H29N3O2. The minimum absolute atomic E-state index is 0.137.